The first kappa shape index (κ1) is 53.3. The van der Waals surface area contributed by atoms with Crippen LogP contribution in [0.5, 0.6) is 23.0 Å². The van der Waals surface area contributed by atoms with Crippen LogP contribution in [0, 0.1) is 51.5 Å². The quantitative estimate of drug-likeness (QED) is 0.123. The Kier molecular flexibility index (Phi) is 14.8. The van der Waals surface area contributed by atoms with Gasteiger partial charge in [-0.2, -0.15) is 25.5 Å². The molecule has 6 aromatic carbocycles. The van der Waals surface area contributed by atoms with Crippen LogP contribution in [-0.4, -0.2) is 62.1 Å². The number of benzene rings is 6. The maximum absolute atomic E-state index is 6.19. The van der Waals surface area contributed by atoms with E-state index >= 15 is 0 Å². The van der Waals surface area contributed by atoms with Crippen molar-refractivity contribution in [2.45, 2.75) is 13.8 Å². The Hall–Kier alpha value is -8.70. The van der Waals surface area contributed by atoms with Crippen LogP contribution in [0.25, 0.3) is 78.2 Å². The van der Waals surface area contributed by atoms with E-state index in [1.165, 1.54) is 0 Å². The molecule has 0 unspecified atom stereocenters. The topological polar surface area (TPSA) is 103 Å². The van der Waals surface area contributed by atoms with E-state index < -0.39 is 0 Å². The molecule has 0 aliphatic carbocycles. The number of ether oxygens (including phenoxy) is 2. The summed E-state index contributed by atoms with van der Waals surface area (Å²) in [5.41, 5.74) is 10.7. The standard InChI is InChI=1S/2C32H25N6O.2Pt/c1-22-32(38-28-14-5-4-13-27(28)30-29(38)15-8-16-33-30)36(3)31(34-22)23-9-6-11-25(19-23)39-26-12-7-10-24(20-26)37-18-17-35(2)21-37;1-22-32(38-29-13-5-4-12-27(29)28-20-33-15-14-30(28)38)36(3)31(34-22)23-8-6-10-25(18-23)39-26-11-7-9-24(19-26)37-17-16-35(2)21-37;;/h4-18,21H,1-3H3;4-17,20-21H,1-3H3;;/q2*-3;;. The molecule has 16 heteroatoms. The van der Waals surface area contributed by atoms with E-state index in [9.17, 15) is 0 Å². The summed E-state index contributed by atoms with van der Waals surface area (Å²) in [6.45, 7) is 8.05. The van der Waals surface area contributed by atoms with E-state index in [0.717, 1.165) is 101 Å². The van der Waals surface area contributed by atoms with Gasteiger partial charge >= 0.3 is 0 Å². The van der Waals surface area contributed by atoms with Crippen molar-refractivity contribution in [3.8, 4) is 57.4 Å². The number of aryl methyl sites for hydroxylation is 2. The molecule has 14 rings (SSSR count). The fraction of sp³-hybridized carbons (Fsp3) is 0.0938. The molecule has 80 heavy (non-hydrogen) atoms. The fourth-order valence-electron chi connectivity index (χ4n) is 10.4. The summed E-state index contributed by atoms with van der Waals surface area (Å²) in [6, 6.07) is 59.8. The molecule has 0 radical (unpaired) electrons. The van der Waals surface area contributed by atoms with Crippen LogP contribution < -0.4 is 19.3 Å². The monoisotopic (exact) mass is 1410 g/mol. The molecule has 0 fully saturated rings. The van der Waals surface area contributed by atoms with Crippen molar-refractivity contribution >= 4 is 55.1 Å². The molecule has 0 saturated carbocycles. The summed E-state index contributed by atoms with van der Waals surface area (Å²) in [5, 5.41) is 3.39. The van der Waals surface area contributed by atoms with Crippen LogP contribution in [0.3, 0.4) is 0 Å². The summed E-state index contributed by atoms with van der Waals surface area (Å²) in [6.07, 6.45) is 13.5. The Balaban J connectivity index is 0.000000165. The van der Waals surface area contributed by atoms with Crippen molar-refractivity contribution in [1.82, 2.24) is 48.0 Å². The molecule has 2 aliphatic heterocycles. The van der Waals surface area contributed by atoms with Gasteiger partial charge in [0.25, 0.3) is 0 Å². The van der Waals surface area contributed by atoms with E-state index in [2.05, 4.69) is 113 Å². The predicted octanol–water partition coefficient (Wildman–Crippen LogP) is 13.2. The van der Waals surface area contributed by atoms with Gasteiger partial charge in [0.2, 0.25) is 0 Å². The van der Waals surface area contributed by atoms with Gasteiger partial charge in [0.15, 0.2) is 0 Å². The van der Waals surface area contributed by atoms with Gasteiger partial charge in [-0.3, -0.25) is 29.1 Å². The van der Waals surface area contributed by atoms with Crippen LogP contribution in [-0.2, 0) is 56.2 Å². The summed E-state index contributed by atoms with van der Waals surface area (Å²) >= 11 is 0. The Morgan fingerprint density at radius 3 is 1.44 bits per heavy atom. The van der Waals surface area contributed by atoms with Crippen molar-refractivity contribution in [1.29, 1.82) is 0 Å². The van der Waals surface area contributed by atoms with Gasteiger partial charge in [-0.15, -0.1) is 95.3 Å². The van der Waals surface area contributed by atoms with E-state index in [1.807, 2.05) is 197 Å². The Morgan fingerprint density at radius 1 is 0.438 bits per heavy atom. The summed E-state index contributed by atoms with van der Waals surface area (Å²) < 4.78 is 21.1. The Bertz CT molecular complexity index is 3940. The largest absolute Gasteiger partial charge is 0.510 e. The van der Waals surface area contributed by atoms with Crippen LogP contribution >= 0.6 is 0 Å². The SMILES string of the molecule is Cc1nc(-c2[c-]c(Oc3[c-]c(N4C=CN(C)[CH-]4)ccc3)ccc2)n(C)c1-n1c2ccccc2c2cnccc21.Cc1nc(-c2[c-]c(Oc3[c-]c(N4C=CN(C)[CH-]4)ccc3)ccc2)n(C)c1-n1c2ccccc2c2ncccc21.[Pt].[Pt]. The molecule has 12 aromatic rings. The van der Waals surface area contributed by atoms with E-state index in [0.29, 0.717) is 23.0 Å². The molecule has 0 atom stereocenters. The zero-order valence-corrected chi connectivity index (χ0v) is 48.8. The smallest absolute Gasteiger partial charge is 0.131 e. The molecular weight excluding hydrogens is 1360 g/mol. The first-order valence-electron chi connectivity index (χ1n) is 25.4. The van der Waals surface area contributed by atoms with E-state index in [4.69, 9.17) is 19.4 Å². The van der Waals surface area contributed by atoms with E-state index in [-0.39, 0.29) is 42.1 Å². The van der Waals surface area contributed by atoms with Crippen LogP contribution in [0.2, 0.25) is 0 Å². The molecule has 0 amide bonds. The van der Waals surface area contributed by atoms with Gasteiger partial charge in [0, 0.05) is 114 Å². The first-order chi connectivity index (χ1) is 38.1. The second-order valence-electron chi connectivity index (χ2n) is 19.1. The average molecular weight is 1410 g/mol. The summed E-state index contributed by atoms with van der Waals surface area (Å²) in [4.78, 5) is 27.0. The Labute approximate surface area is 492 Å². The second kappa shape index (κ2) is 22.2. The molecule has 2 aliphatic rings. The van der Waals surface area contributed by atoms with Crippen molar-refractivity contribution in [2.24, 2.45) is 14.1 Å². The maximum Gasteiger partial charge on any atom is 0.131 e. The summed E-state index contributed by atoms with van der Waals surface area (Å²) in [7, 11) is 8.06. The number of imidazole rings is 2. The third kappa shape index (κ3) is 9.83. The molecule has 0 N–H and O–H groups in total. The van der Waals surface area contributed by atoms with Crippen LogP contribution in [0.15, 0.2) is 183 Å². The number of para-hydroxylation sites is 2. The maximum atomic E-state index is 6.19. The van der Waals surface area contributed by atoms with E-state index in [1.54, 1.807) is 0 Å². The van der Waals surface area contributed by atoms with Crippen molar-refractivity contribution in [3.63, 3.8) is 0 Å². The molecular formula is C64H50N12O2Pt2-6. The minimum Gasteiger partial charge on any atom is -0.510 e. The number of anilines is 2. The van der Waals surface area contributed by atoms with Gasteiger partial charge in [-0.25, -0.2) is 0 Å². The summed E-state index contributed by atoms with van der Waals surface area (Å²) in [5.74, 6) is 6.05. The zero-order valence-electron chi connectivity index (χ0n) is 44.3. The molecule has 0 bridgehead atoms. The van der Waals surface area contributed by atoms with Gasteiger partial charge < -0.3 is 38.2 Å². The van der Waals surface area contributed by atoms with Gasteiger partial charge in [-0.05, 0) is 83.1 Å². The number of nitrogens with zero attached hydrogens (tertiary/aromatic N) is 12. The third-order valence-corrected chi connectivity index (χ3v) is 13.8. The molecule has 6 aromatic heterocycles. The number of aromatic nitrogens is 8. The number of hydrogen-bond acceptors (Lipinski definition) is 10. The van der Waals surface area contributed by atoms with Gasteiger partial charge in [0.05, 0.1) is 50.6 Å². The van der Waals surface area contributed by atoms with Crippen molar-refractivity contribution in [3.05, 3.63) is 232 Å². The number of rotatable bonds is 10. The minimum atomic E-state index is 0. The number of pyridine rings is 2. The third-order valence-electron chi connectivity index (χ3n) is 13.8. The number of hydrogen-bond donors (Lipinski definition) is 0. The average Bonchev–Trinajstić information content (AvgIpc) is 4.37. The van der Waals surface area contributed by atoms with Crippen LogP contribution in [0.1, 0.15) is 11.4 Å². The minimum absolute atomic E-state index is 0. The zero-order chi connectivity index (χ0) is 53.0. The van der Waals surface area contributed by atoms with Crippen LogP contribution in [0.4, 0.5) is 11.4 Å². The molecule has 0 saturated heterocycles. The number of fused-ring (bicyclic) bond motifs is 6. The Morgan fingerprint density at radius 2 is 0.900 bits per heavy atom. The van der Waals surface area contributed by atoms with Crippen molar-refractivity contribution in [2.75, 3.05) is 23.9 Å². The molecule has 404 valence electrons. The van der Waals surface area contributed by atoms with Gasteiger partial charge in [0.1, 0.15) is 11.6 Å². The molecule has 8 heterocycles. The van der Waals surface area contributed by atoms with Gasteiger partial charge in [-0.1, -0.05) is 48.5 Å². The first-order valence-corrected chi connectivity index (χ1v) is 25.4. The molecule has 14 nitrogen and oxygen atoms in total. The predicted molar refractivity (Wildman–Crippen MR) is 307 cm³/mol. The fourth-order valence-corrected chi connectivity index (χ4v) is 10.4. The van der Waals surface area contributed by atoms with Crippen molar-refractivity contribution < 1.29 is 51.6 Å². The normalized spacial score (nSPS) is 12.9. The second-order valence-corrected chi connectivity index (χ2v) is 19.1. The molecule has 0 spiro atoms.